The van der Waals surface area contributed by atoms with Crippen LogP contribution in [0.15, 0.2) is 0 Å². The van der Waals surface area contributed by atoms with Gasteiger partial charge in [0, 0.05) is 6.04 Å². The molecule has 1 unspecified atom stereocenters. The molecule has 1 atom stereocenters. The summed E-state index contributed by atoms with van der Waals surface area (Å²) in [5, 5.41) is 12.3. The monoisotopic (exact) mass is 199 g/mol. The highest BCUT2D eigenvalue weighted by molar-refractivity contribution is 5.73. The normalized spacial score (nSPS) is 20.2. The molecule has 1 saturated carbocycles. The van der Waals surface area contributed by atoms with Gasteiger partial charge in [-0.25, -0.2) is 0 Å². The lowest BCUT2D eigenvalue weighted by Gasteiger charge is -2.36. The maximum absolute atomic E-state index is 11.0. The molecule has 0 aromatic rings. The van der Waals surface area contributed by atoms with Crippen LogP contribution in [-0.2, 0) is 4.79 Å². The summed E-state index contributed by atoms with van der Waals surface area (Å²) in [5.74, 6) is -0.00398. The molecule has 0 radical (unpaired) electrons. The summed E-state index contributed by atoms with van der Waals surface area (Å²) < 4.78 is 0. The van der Waals surface area contributed by atoms with E-state index in [1.165, 1.54) is 19.3 Å². The van der Waals surface area contributed by atoms with Gasteiger partial charge in [0.25, 0.3) is 0 Å². The van der Waals surface area contributed by atoms with Crippen LogP contribution >= 0.6 is 0 Å². The molecule has 0 saturated heterocycles. The van der Waals surface area contributed by atoms with E-state index in [1.807, 2.05) is 7.05 Å². The molecule has 1 aliphatic rings. The van der Waals surface area contributed by atoms with Crippen molar-refractivity contribution in [2.45, 2.75) is 45.6 Å². The minimum Gasteiger partial charge on any atom is -0.481 e. The molecule has 1 fully saturated rings. The average molecular weight is 199 g/mol. The Labute approximate surface area is 85.9 Å². The van der Waals surface area contributed by atoms with Gasteiger partial charge >= 0.3 is 5.97 Å². The average Bonchev–Trinajstić information content (AvgIpc) is 1.99. The number of hydrogen-bond donors (Lipinski definition) is 2. The first kappa shape index (κ1) is 11.5. The minimum atomic E-state index is -0.697. The van der Waals surface area contributed by atoms with Crippen LogP contribution < -0.4 is 5.32 Å². The van der Waals surface area contributed by atoms with E-state index in [1.54, 1.807) is 13.8 Å². The molecule has 0 heterocycles. The third-order valence-electron chi connectivity index (χ3n) is 3.40. The molecule has 0 spiro atoms. The molecule has 0 aromatic heterocycles. The zero-order chi connectivity index (χ0) is 10.8. The van der Waals surface area contributed by atoms with Crippen LogP contribution in [0, 0.1) is 11.3 Å². The third kappa shape index (κ3) is 2.47. The Hall–Kier alpha value is -0.570. The van der Waals surface area contributed by atoms with Crippen molar-refractivity contribution in [2.24, 2.45) is 11.3 Å². The highest BCUT2D eigenvalue weighted by Gasteiger charge is 2.35. The van der Waals surface area contributed by atoms with Crippen molar-refractivity contribution in [1.82, 2.24) is 5.32 Å². The Morgan fingerprint density at radius 1 is 1.57 bits per heavy atom. The molecule has 3 heteroatoms. The Bertz CT molecular complexity index is 209. The Morgan fingerprint density at radius 3 is 2.43 bits per heavy atom. The number of carbonyl (C=O) groups is 1. The fourth-order valence-electron chi connectivity index (χ4n) is 1.98. The molecule has 0 bridgehead atoms. The largest absolute Gasteiger partial charge is 0.481 e. The van der Waals surface area contributed by atoms with Crippen LogP contribution in [0.3, 0.4) is 0 Å². The first-order chi connectivity index (χ1) is 6.47. The topological polar surface area (TPSA) is 49.3 Å². The maximum Gasteiger partial charge on any atom is 0.309 e. The highest BCUT2D eigenvalue weighted by Crippen LogP contribution is 2.35. The van der Waals surface area contributed by atoms with E-state index in [0.29, 0.717) is 12.0 Å². The van der Waals surface area contributed by atoms with E-state index >= 15 is 0 Å². The number of aliphatic carboxylic acids is 1. The van der Waals surface area contributed by atoms with Gasteiger partial charge in [-0.15, -0.1) is 0 Å². The van der Waals surface area contributed by atoms with Gasteiger partial charge in [-0.2, -0.15) is 0 Å². The Morgan fingerprint density at radius 2 is 2.14 bits per heavy atom. The molecule has 2 N–H and O–H groups in total. The lowest BCUT2D eigenvalue weighted by Crippen LogP contribution is -2.42. The van der Waals surface area contributed by atoms with Crippen LogP contribution in [0.4, 0.5) is 0 Å². The quantitative estimate of drug-likeness (QED) is 0.710. The summed E-state index contributed by atoms with van der Waals surface area (Å²) in [6, 6.07) is 0.370. The summed E-state index contributed by atoms with van der Waals surface area (Å²) in [4.78, 5) is 11.0. The van der Waals surface area contributed by atoms with Gasteiger partial charge in [0.15, 0.2) is 0 Å². The number of carboxylic acid groups (broad SMARTS) is 1. The maximum atomic E-state index is 11.0. The van der Waals surface area contributed by atoms with E-state index in [0.717, 1.165) is 6.42 Å². The molecule has 0 aliphatic heterocycles. The minimum absolute atomic E-state index is 0.370. The lowest BCUT2D eigenvalue weighted by atomic mass is 9.73. The van der Waals surface area contributed by atoms with E-state index in [-0.39, 0.29) is 0 Å². The molecular weight excluding hydrogens is 178 g/mol. The van der Waals surface area contributed by atoms with Gasteiger partial charge in [-0.1, -0.05) is 6.42 Å². The molecule has 1 aliphatic carbocycles. The Kier molecular flexibility index (Phi) is 3.53. The van der Waals surface area contributed by atoms with Crippen LogP contribution in [0.25, 0.3) is 0 Å². The fraction of sp³-hybridized carbons (Fsp3) is 0.909. The van der Waals surface area contributed by atoms with Gasteiger partial charge in [0.2, 0.25) is 0 Å². The highest BCUT2D eigenvalue weighted by atomic mass is 16.4. The predicted octanol–water partition coefficient (Wildman–Crippen LogP) is 1.88. The smallest absolute Gasteiger partial charge is 0.309 e. The van der Waals surface area contributed by atoms with Gasteiger partial charge < -0.3 is 10.4 Å². The first-order valence-electron chi connectivity index (χ1n) is 5.38. The van der Waals surface area contributed by atoms with Gasteiger partial charge in [0.05, 0.1) is 5.41 Å². The molecule has 1 rings (SSSR count). The second-order valence-electron chi connectivity index (χ2n) is 4.98. The summed E-state index contributed by atoms with van der Waals surface area (Å²) >= 11 is 0. The van der Waals surface area contributed by atoms with E-state index in [9.17, 15) is 4.79 Å². The van der Waals surface area contributed by atoms with Crippen molar-refractivity contribution in [3.63, 3.8) is 0 Å². The van der Waals surface area contributed by atoms with Gasteiger partial charge in [0.1, 0.15) is 0 Å². The second-order valence-corrected chi connectivity index (χ2v) is 4.98. The van der Waals surface area contributed by atoms with Crippen molar-refractivity contribution in [3.8, 4) is 0 Å². The SMILES string of the molecule is CNC(CC(C)(C)C(=O)O)C1CCC1. The molecule has 3 nitrogen and oxygen atoms in total. The molecule has 0 amide bonds. The zero-order valence-electron chi connectivity index (χ0n) is 9.34. The van der Waals surface area contributed by atoms with Crippen molar-refractivity contribution in [3.05, 3.63) is 0 Å². The van der Waals surface area contributed by atoms with E-state index < -0.39 is 11.4 Å². The second kappa shape index (κ2) is 4.30. The number of hydrogen-bond acceptors (Lipinski definition) is 2. The summed E-state index contributed by atoms with van der Waals surface area (Å²) in [6.07, 6.45) is 4.53. The van der Waals surface area contributed by atoms with Crippen LogP contribution in [0.5, 0.6) is 0 Å². The number of carboxylic acids is 1. The van der Waals surface area contributed by atoms with Gasteiger partial charge in [-0.3, -0.25) is 4.79 Å². The number of nitrogens with one attached hydrogen (secondary N) is 1. The van der Waals surface area contributed by atoms with Crippen molar-refractivity contribution < 1.29 is 9.90 Å². The van der Waals surface area contributed by atoms with Crippen molar-refractivity contribution in [2.75, 3.05) is 7.05 Å². The Balaban J connectivity index is 2.50. The predicted molar refractivity (Wildman–Crippen MR) is 56.2 cm³/mol. The summed E-state index contributed by atoms with van der Waals surface area (Å²) in [7, 11) is 1.93. The van der Waals surface area contributed by atoms with Crippen LogP contribution in [0.2, 0.25) is 0 Å². The molecule has 14 heavy (non-hydrogen) atoms. The standard InChI is InChI=1S/C11H21NO2/c1-11(2,10(13)14)7-9(12-3)8-5-4-6-8/h8-9,12H,4-7H2,1-3H3,(H,13,14). The van der Waals surface area contributed by atoms with Crippen LogP contribution in [0.1, 0.15) is 39.5 Å². The van der Waals surface area contributed by atoms with E-state index in [4.69, 9.17) is 5.11 Å². The molecule has 0 aromatic carbocycles. The van der Waals surface area contributed by atoms with Crippen LogP contribution in [-0.4, -0.2) is 24.2 Å². The third-order valence-corrected chi connectivity index (χ3v) is 3.40. The van der Waals surface area contributed by atoms with Crippen molar-refractivity contribution in [1.29, 1.82) is 0 Å². The molecule has 82 valence electrons. The van der Waals surface area contributed by atoms with Gasteiger partial charge in [-0.05, 0) is 46.1 Å². The summed E-state index contributed by atoms with van der Waals surface area (Å²) in [6.45, 7) is 3.61. The summed E-state index contributed by atoms with van der Waals surface area (Å²) in [5.41, 5.74) is -0.608. The van der Waals surface area contributed by atoms with E-state index in [2.05, 4.69) is 5.32 Å². The number of rotatable bonds is 5. The fourth-order valence-corrected chi connectivity index (χ4v) is 1.98. The molecular formula is C11H21NO2. The first-order valence-corrected chi connectivity index (χ1v) is 5.38. The lowest BCUT2D eigenvalue weighted by molar-refractivity contribution is -0.147. The zero-order valence-corrected chi connectivity index (χ0v) is 9.34. The van der Waals surface area contributed by atoms with Crippen molar-refractivity contribution >= 4 is 5.97 Å².